The Morgan fingerprint density at radius 2 is 2.07 bits per heavy atom. The highest BCUT2D eigenvalue weighted by atomic mass is 32.1. The lowest BCUT2D eigenvalue weighted by Crippen LogP contribution is -2.41. The summed E-state index contributed by atoms with van der Waals surface area (Å²) in [6.45, 7) is 5.57. The van der Waals surface area contributed by atoms with Crippen LogP contribution in [0.2, 0.25) is 0 Å². The number of alkyl halides is 3. The van der Waals surface area contributed by atoms with Gasteiger partial charge < -0.3 is 10.1 Å². The maximum Gasteiger partial charge on any atom is 0.416 e. The van der Waals surface area contributed by atoms with Crippen LogP contribution in [0.4, 0.5) is 18.0 Å². The van der Waals surface area contributed by atoms with Crippen LogP contribution in [0.15, 0.2) is 29.6 Å². The number of rotatable bonds is 6. The van der Waals surface area contributed by atoms with Crippen LogP contribution in [0.1, 0.15) is 48.7 Å². The number of nitrogens with one attached hydrogen (secondary N) is 1. The maximum absolute atomic E-state index is 13.0. The molecular formula is C19H20F3N3O3S. The predicted molar refractivity (Wildman–Crippen MR) is 100 cm³/mol. The van der Waals surface area contributed by atoms with Crippen molar-refractivity contribution in [2.45, 2.75) is 45.1 Å². The van der Waals surface area contributed by atoms with Crippen LogP contribution in [0.25, 0.3) is 0 Å². The van der Waals surface area contributed by atoms with Crippen molar-refractivity contribution in [3.8, 4) is 0 Å². The molecule has 0 spiro atoms. The Balaban J connectivity index is 1.83. The maximum atomic E-state index is 13.0. The van der Waals surface area contributed by atoms with Crippen molar-refractivity contribution in [3.63, 3.8) is 0 Å². The van der Waals surface area contributed by atoms with E-state index in [0.717, 1.165) is 22.0 Å². The fourth-order valence-electron chi connectivity index (χ4n) is 3.11. The molecule has 2 unspecified atom stereocenters. The molecule has 0 aliphatic carbocycles. The first kappa shape index (κ1) is 21.3. The van der Waals surface area contributed by atoms with Gasteiger partial charge in [-0.2, -0.15) is 13.2 Å². The number of amides is 3. The zero-order chi connectivity index (χ0) is 21.4. The summed E-state index contributed by atoms with van der Waals surface area (Å²) in [5.41, 5.74) is -1.90. The average Bonchev–Trinajstić information content (AvgIpc) is 3.21. The molecule has 1 aromatic heterocycles. The third-order valence-electron chi connectivity index (χ3n) is 4.70. The summed E-state index contributed by atoms with van der Waals surface area (Å²) in [4.78, 5) is 30.7. The van der Waals surface area contributed by atoms with Crippen molar-refractivity contribution in [3.05, 3.63) is 51.5 Å². The number of thiazole rings is 1. The predicted octanol–water partition coefficient (Wildman–Crippen LogP) is 4.23. The number of nitrogens with zero attached hydrogens (tertiary/aromatic N) is 2. The molecule has 2 atom stereocenters. The molecule has 3 amide bonds. The number of hydrogen-bond donors (Lipinski definition) is 1. The Morgan fingerprint density at radius 1 is 1.34 bits per heavy atom. The molecule has 29 heavy (non-hydrogen) atoms. The molecule has 1 fully saturated rings. The SMILES string of the molecule is CCOC(C)c1nc(CN2C(=O)NC(C)(c3cccc(C(F)(F)F)c3)C2=O)cs1. The van der Waals surface area contributed by atoms with E-state index >= 15 is 0 Å². The minimum atomic E-state index is -4.55. The number of hydrogen-bond acceptors (Lipinski definition) is 5. The average molecular weight is 427 g/mol. The summed E-state index contributed by atoms with van der Waals surface area (Å²) < 4.78 is 44.6. The van der Waals surface area contributed by atoms with E-state index in [1.807, 2.05) is 13.8 Å². The van der Waals surface area contributed by atoms with Gasteiger partial charge in [0.05, 0.1) is 17.8 Å². The first-order chi connectivity index (χ1) is 13.6. The molecule has 6 nitrogen and oxygen atoms in total. The Bertz CT molecular complexity index is 931. The first-order valence-corrected chi connectivity index (χ1v) is 9.82. The van der Waals surface area contributed by atoms with Crippen molar-refractivity contribution in [2.75, 3.05) is 6.61 Å². The van der Waals surface area contributed by atoms with E-state index in [1.165, 1.54) is 30.4 Å². The van der Waals surface area contributed by atoms with E-state index in [4.69, 9.17) is 4.74 Å². The molecule has 1 aliphatic rings. The normalized spacial score (nSPS) is 20.8. The van der Waals surface area contributed by atoms with Crippen molar-refractivity contribution in [1.82, 2.24) is 15.2 Å². The topological polar surface area (TPSA) is 71.5 Å². The molecule has 2 heterocycles. The van der Waals surface area contributed by atoms with Crippen LogP contribution in [0.3, 0.4) is 0 Å². The van der Waals surface area contributed by atoms with Gasteiger partial charge in [0.25, 0.3) is 5.91 Å². The third kappa shape index (κ3) is 4.13. The molecule has 0 saturated carbocycles. The smallest absolute Gasteiger partial charge is 0.372 e. The Morgan fingerprint density at radius 3 is 2.72 bits per heavy atom. The molecule has 2 aromatic rings. The molecule has 1 saturated heterocycles. The number of ether oxygens (including phenoxy) is 1. The monoisotopic (exact) mass is 427 g/mol. The highest BCUT2D eigenvalue weighted by Gasteiger charge is 2.49. The van der Waals surface area contributed by atoms with Crippen LogP contribution in [0, 0.1) is 0 Å². The second-order valence-corrected chi connectivity index (χ2v) is 7.69. The van der Waals surface area contributed by atoms with Crippen molar-refractivity contribution in [1.29, 1.82) is 0 Å². The molecule has 1 aromatic carbocycles. The van der Waals surface area contributed by atoms with Crippen LogP contribution in [0.5, 0.6) is 0 Å². The third-order valence-corrected chi connectivity index (χ3v) is 5.75. The number of carbonyl (C=O) groups excluding carboxylic acids is 2. The van der Waals surface area contributed by atoms with Gasteiger partial charge in [0.2, 0.25) is 0 Å². The first-order valence-electron chi connectivity index (χ1n) is 8.94. The quantitative estimate of drug-likeness (QED) is 0.701. The zero-order valence-corrected chi connectivity index (χ0v) is 16.9. The van der Waals surface area contributed by atoms with Gasteiger partial charge >= 0.3 is 12.2 Å². The lowest BCUT2D eigenvalue weighted by Gasteiger charge is -2.23. The summed E-state index contributed by atoms with van der Waals surface area (Å²) in [6, 6.07) is 3.73. The fourth-order valence-corrected chi connectivity index (χ4v) is 3.92. The number of urea groups is 1. The van der Waals surface area contributed by atoms with Crippen LogP contribution in [-0.4, -0.2) is 28.4 Å². The van der Waals surface area contributed by atoms with Crippen molar-refractivity contribution < 1.29 is 27.5 Å². The second kappa shape index (κ2) is 7.75. The summed E-state index contributed by atoms with van der Waals surface area (Å²) in [5.74, 6) is -0.630. The van der Waals surface area contributed by atoms with Gasteiger partial charge in [0, 0.05) is 12.0 Å². The fraction of sp³-hybridized carbons (Fsp3) is 0.421. The minimum absolute atomic E-state index is 0.0668. The molecule has 3 rings (SSSR count). The number of imide groups is 1. The number of aromatic nitrogens is 1. The van der Waals surface area contributed by atoms with Gasteiger partial charge in [0.1, 0.15) is 16.7 Å². The molecule has 10 heteroatoms. The Hall–Kier alpha value is -2.46. The van der Waals surface area contributed by atoms with E-state index in [2.05, 4.69) is 10.3 Å². The highest BCUT2D eigenvalue weighted by molar-refractivity contribution is 7.09. The highest BCUT2D eigenvalue weighted by Crippen LogP contribution is 2.35. The van der Waals surface area contributed by atoms with E-state index in [9.17, 15) is 22.8 Å². The molecule has 1 N–H and O–H groups in total. The number of carbonyl (C=O) groups is 2. The summed E-state index contributed by atoms with van der Waals surface area (Å²) >= 11 is 1.35. The Kier molecular flexibility index (Phi) is 5.68. The Labute approximate surface area is 169 Å². The van der Waals surface area contributed by atoms with Crippen molar-refractivity contribution in [2.24, 2.45) is 0 Å². The van der Waals surface area contributed by atoms with Gasteiger partial charge in [-0.25, -0.2) is 9.78 Å². The lowest BCUT2D eigenvalue weighted by molar-refractivity contribution is -0.138. The van der Waals surface area contributed by atoms with E-state index in [0.29, 0.717) is 12.3 Å². The van der Waals surface area contributed by atoms with Crippen LogP contribution in [-0.2, 0) is 27.8 Å². The second-order valence-electron chi connectivity index (χ2n) is 6.80. The molecular weight excluding hydrogens is 407 g/mol. The van der Waals surface area contributed by atoms with Crippen LogP contribution < -0.4 is 5.32 Å². The van der Waals surface area contributed by atoms with Gasteiger partial charge in [-0.3, -0.25) is 9.69 Å². The lowest BCUT2D eigenvalue weighted by atomic mass is 9.90. The van der Waals surface area contributed by atoms with Gasteiger partial charge in [0.15, 0.2) is 0 Å². The molecule has 0 bridgehead atoms. The molecule has 1 aliphatic heterocycles. The summed E-state index contributed by atoms with van der Waals surface area (Å²) in [7, 11) is 0. The summed E-state index contributed by atoms with van der Waals surface area (Å²) in [5, 5.41) is 4.96. The summed E-state index contributed by atoms with van der Waals surface area (Å²) in [6.07, 6.45) is -4.76. The number of benzene rings is 1. The molecule has 0 radical (unpaired) electrons. The van der Waals surface area contributed by atoms with Gasteiger partial charge in [-0.05, 0) is 38.5 Å². The van der Waals surface area contributed by atoms with E-state index in [1.54, 1.807) is 5.38 Å². The minimum Gasteiger partial charge on any atom is -0.372 e. The largest absolute Gasteiger partial charge is 0.416 e. The van der Waals surface area contributed by atoms with Crippen LogP contribution >= 0.6 is 11.3 Å². The standard InChI is InChI=1S/C19H20F3N3O3S/c1-4-28-11(2)15-23-14(10-29-15)9-25-16(26)18(3,24-17(25)27)12-6-5-7-13(8-12)19(20,21)22/h5-8,10-11H,4,9H2,1-3H3,(H,24,27). The zero-order valence-electron chi connectivity index (χ0n) is 16.0. The van der Waals surface area contributed by atoms with Crippen molar-refractivity contribution >= 4 is 23.3 Å². The molecule has 156 valence electrons. The van der Waals surface area contributed by atoms with Gasteiger partial charge in [-0.15, -0.1) is 11.3 Å². The number of halogens is 3. The van der Waals surface area contributed by atoms with E-state index in [-0.39, 0.29) is 18.2 Å². The van der Waals surface area contributed by atoms with Gasteiger partial charge in [-0.1, -0.05) is 12.1 Å². The van der Waals surface area contributed by atoms with E-state index < -0.39 is 29.2 Å².